The Balaban J connectivity index is 1.000. The Hall–Kier alpha value is -4.29. The standard InChI is InChI=1S/C38H54N8O7S/c1-54-33-11-5-30(6-12-33)34-3-2-4-36(43-34)44-38(40)42-31-7-9-32(10-8-31)46-17-15-45(16-18-46)29-37(48)41-14-20-50-22-24-52-26-28-53-27-25-51-23-21-49-19-13-35(39)47/h2-12H,13-29H2,1H3,(H2,39,47)(H,41,48)(H3,40,42,43,44). The van der Waals surface area contributed by atoms with Gasteiger partial charge in [-0.15, -0.1) is 11.8 Å². The van der Waals surface area contributed by atoms with Crippen molar-refractivity contribution in [2.75, 3.05) is 122 Å². The zero-order chi connectivity index (χ0) is 38.2. The number of hydrogen-bond donors (Lipinski definition) is 4. The summed E-state index contributed by atoms with van der Waals surface area (Å²) >= 11 is 1.70. The van der Waals surface area contributed by atoms with E-state index in [9.17, 15) is 9.59 Å². The minimum Gasteiger partial charge on any atom is -0.379 e. The van der Waals surface area contributed by atoms with Gasteiger partial charge in [0.15, 0.2) is 11.8 Å². The number of nitrogens with one attached hydrogen (secondary N) is 2. The Morgan fingerprint density at radius 3 is 1.94 bits per heavy atom. The molecule has 2 heterocycles. The summed E-state index contributed by atoms with van der Waals surface area (Å²) in [5.74, 6) is 0.395. The van der Waals surface area contributed by atoms with E-state index in [-0.39, 0.29) is 24.2 Å². The molecular formula is C38H54N8O7S. The largest absolute Gasteiger partial charge is 0.379 e. The molecule has 294 valence electrons. The first-order valence-corrected chi connectivity index (χ1v) is 19.4. The van der Waals surface area contributed by atoms with Crippen molar-refractivity contribution in [3.05, 3.63) is 66.7 Å². The summed E-state index contributed by atoms with van der Waals surface area (Å²) in [6, 6.07) is 22.1. The maximum absolute atomic E-state index is 12.5. The van der Waals surface area contributed by atoms with Crippen molar-refractivity contribution in [3.8, 4) is 11.3 Å². The molecular weight excluding hydrogens is 713 g/mol. The molecule has 0 saturated carbocycles. The number of nitrogens with two attached hydrogens (primary N) is 2. The highest BCUT2D eigenvalue weighted by molar-refractivity contribution is 7.98. The number of rotatable bonds is 25. The van der Waals surface area contributed by atoms with Crippen LogP contribution in [0.15, 0.2) is 76.6 Å². The number of amides is 2. The van der Waals surface area contributed by atoms with E-state index in [1.807, 2.05) is 30.3 Å². The Kier molecular flexibility index (Phi) is 19.6. The van der Waals surface area contributed by atoms with E-state index in [1.54, 1.807) is 11.8 Å². The molecule has 1 aliphatic heterocycles. The van der Waals surface area contributed by atoms with Gasteiger partial charge in [-0.1, -0.05) is 18.2 Å². The number of aliphatic imine (C=N–C) groups is 1. The number of anilines is 2. The highest BCUT2D eigenvalue weighted by Gasteiger charge is 2.19. The minimum absolute atomic E-state index is 0.0125. The number of piperazine rings is 1. The van der Waals surface area contributed by atoms with E-state index in [4.69, 9.17) is 35.2 Å². The van der Waals surface area contributed by atoms with Gasteiger partial charge in [0.1, 0.15) is 0 Å². The smallest absolute Gasteiger partial charge is 0.234 e. The molecule has 2 aromatic carbocycles. The quantitative estimate of drug-likeness (QED) is 0.0427. The normalized spacial score (nSPS) is 13.6. The van der Waals surface area contributed by atoms with Crippen LogP contribution < -0.4 is 27.0 Å². The van der Waals surface area contributed by atoms with Gasteiger partial charge in [-0.05, 0) is 54.8 Å². The van der Waals surface area contributed by atoms with Crippen molar-refractivity contribution in [2.24, 2.45) is 16.5 Å². The van der Waals surface area contributed by atoms with Crippen LogP contribution in [0, 0.1) is 0 Å². The van der Waals surface area contributed by atoms with Crippen molar-refractivity contribution in [2.45, 2.75) is 11.3 Å². The number of benzene rings is 2. The second kappa shape index (κ2) is 24.9. The second-order valence-corrected chi connectivity index (χ2v) is 13.0. The summed E-state index contributed by atoms with van der Waals surface area (Å²) < 4.78 is 27.1. The van der Waals surface area contributed by atoms with E-state index >= 15 is 0 Å². The molecule has 1 saturated heterocycles. The van der Waals surface area contributed by atoms with Crippen LogP contribution in [0.3, 0.4) is 0 Å². The van der Waals surface area contributed by atoms with E-state index in [1.165, 1.54) is 4.90 Å². The number of nitrogens with zero attached hydrogens (tertiary/aromatic N) is 4. The molecule has 1 aliphatic rings. The summed E-state index contributed by atoms with van der Waals surface area (Å²) in [5, 5.41) is 6.08. The van der Waals surface area contributed by atoms with Crippen LogP contribution >= 0.6 is 11.8 Å². The molecule has 0 unspecified atom stereocenters. The average Bonchev–Trinajstić information content (AvgIpc) is 3.18. The van der Waals surface area contributed by atoms with E-state index in [0.717, 1.165) is 48.8 Å². The van der Waals surface area contributed by atoms with Crippen molar-refractivity contribution < 1.29 is 33.3 Å². The lowest BCUT2D eigenvalue weighted by atomic mass is 10.1. The van der Waals surface area contributed by atoms with Gasteiger partial charge in [0.25, 0.3) is 0 Å². The minimum atomic E-state index is -0.381. The molecule has 6 N–H and O–H groups in total. The van der Waals surface area contributed by atoms with Gasteiger partial charge in [-0.25, -0.2) is 4.98 Å². The van der Waals surface area contributed by atoms with Crippen LogP contribution in [0.5, 0.6) is 0 Å². The highest BCUT2D eigenvalue weighted by atomic mass is 32.2. The molecule has 0 atom stereocenters. The zero-order valence-corrected chi connectivity index (χ0v) is 31.9. The molecule has 16 heteroatoms. The second-order valence-electron chi connectivity index (χ2n) is 12.2. The van der Waals surface area contributed by atoms with Gasteiger partial charge < -0.3 is 50.7 Å². The summed E-state index contributed by atoms with van der Waals surface area (Å²) in [4.78, 5) is 37.9. The zero-order valence-electron chi connectivity index (χ0n) is 31.1. The number of hydrogen-bond acceptors (Lipinski definition) is 12. The lowest BCUT2D eigenvalue weighted by molar-refractivity contribution is -0.122. The lowest BCUT2D eigenvalue weighted by Gasteiger charge is -2.35. The van der Waals surface area contributed by atoms with Crippen LogP contribution in [0.1, 0.15) is 6.42 Å². The molecule has 54 heavy (non-hydrogen) atoms. The van der Waals surface area contributed by atoms with Gasteiger partial charge in [0.05, 0.1) is 78.3 Å². The number of ether oxygens (including phenoxy) is 5. The molecule has 0 spiro atoms. The van der Waals surface area contributed by atoms with Crippen LogP contribution in [0.25, 0.3) is 11.3 Å². The third-order valence-corrected chi connectivity index (χ3v) is 8.89. The fourth-order valence-electron chi connectivity index (χ4n) is 5.30. The molecule has 3 aromatic rings. The molecule has 1 fully saturated rings. The van der Waals surface area contributed by atoms with Crippen LogP contribution in [-0.2, 0) is 33.3 Å². The van der Waals surface area contributed by atoms with Crippen molar-refractivity contribution >= 4 is 46.7 Å². The fourth-order valence-corrected chi connectivity index (χ4v) is 5.71. The molecule has 0 aliphatic carbocycles. The number of aromatic nitrogens is 1. The van der Waals surface area contributed by atoms with Gasteiger partial charge in [-0.3, -0.25) is 14.5 Å². The van der Waals surface area contributed by atoms with Crippen LogP contribution in [-0.4, -0.2) is 139 Å². The van der Waals surface area contributed by atoms with Crippen molar-refractivity contribution in [3.63, 3.8) is 0 Å². The van der Waals surface area contributed by atoms with E-state index in [0.29, 0.717) is 85.0 Å². The predicted molar refractivity (Wildman–Crippen MR) is 212 cm³/mol. The number of carbonyl (C=O) groups excluding carboxylic acids is 2. The molecule has 1 aromatic heterocycles. The third kappa shape index (κ3) is 16.8. The molecule has 0 radical (unpaired) electrons. The highest BCUT2D eigenvalue weighted by Crippen LogP contribution is 2.24. The molecule has 4 rings (SSSR count). The van der Waals surface area contributed by atoms with Gasteiger partial charge in [-0.2, -0.15) is 4.99 Å². The van der Waals surface area contributed by atoms with E-state index < -0.39 is 0 Å². The van der Waals surface area contributed by atoms with Crippen LogP contribution in [0.2, 0.25) is 0 Å². The number of primary amides is 1. The average molecular weight is 767 g/mol. The first-order chi connectivity index (χ1) is 26.4. The molecule has 2 amide bonds. The summed E-state index contributed by atoms with van der Waals surface area (Å²) in [5.41, 5.74) is 15.1. The number of pyridine rings is 1. The maximum atomic E-state index is 12.5. The lowest BCUT2D eigenvalue weighted by Crippen LogP contribution is -2.49. The molecule has 15 nitrogen and oxygen atoms in total. The van der Waals surface area contributed by atoms with Crippen molar-refractivity contribution in [1.82, 2.24) is 15.2 Å². The monoisotopic (exact) mass is 766 g/mol. The summed E-state index contributed by atoms with van der Waals surface area (Å²) in [7, 11) is 0. The van der Waals surface area contributed by atoms with Crippen molar-refractivity contribution in [1.29, 1.82) is 0 Å². The Labute approximate surface area is 322 Å². The van der Waals surface area contributed by atoms with Gasteiger partial charge in [0.2, 0.25) is 11.8 Å². The number of guanidine groups is 1. The number of carbonyl (C=O) groups is 2. The van der Waals surface area contributed by atoms with E-state index in [2.05, 4.69) is 73.1 Å². The van der Waals surface area contributed by atoms with Gasteiger partial charge in [0, 0.05) is 61.0 Å². The Morgan fingerprint density at radius 2 is 1.35 bits per heavy atom. The summed E-state index contributed by atoms with van der Waals surface area (Å²) in [6.45, 7) is 8.33. The van der Waals surface area contributed by atoms with Crippen LogP contribution in [0.4, 0.5) is 17.2 Å². The first kappa shape index (κ1) is 42.5. The first-order valence-electron chi connectivity index (χ1n) is 18.1. The summed E-state index contributed by atoms with van der Waals surface area (Å²) in [6.07, 6.45) is 2.26. The molecule has 0 bridgehead atoms. The fraction of sp³-hybridized carbons (Fsp3) is 0.474. The SMILES string of the molecule is CSc1ccc(-c2cccc(N=C(N)Nc3ccc(N4CCN(CC(=O)NCCOCCOCCOCCOCCOCCC(N)=O)CC4)cc3)n2)cc1. The Bertz CT molecular complexity index is 1560. The Morgan fingerprint density at radius 1 is 0.759 bits per heavy atom. The third-order valence-electron chi connectivity index (χ3n) is 8.15. The van der Waals surface area contributed by atoms with Gasteiger partial charge >= 0.3 is 0 Å². The predicted octanol–water partition coefficient (Wildman–Crippen LogP) is 2.73. The number of thioether (sulfide) groups is 1. The maximum Gasteiger partial charge on any atom is 0.234 e. The topological polar surface area (TPSA) is 188 Å².